The second kappa shape index (κ2) is 5.64. The molecule has 0 unspecified atom stereocenters. The lowest BCUT2D eigenvalue weighted by Crippen LogP contribution is -2.64. The third-order valence-electron chi connectivity index (χ3n) is 3.54. The van der Waals surface area contributed by atoms with Crippen LogP contribution >= 0.6 is 0 Å². The predicted molar refractivity (Wildman–Crippen MR) is 75.7 cm³/mol. The van der Waals surface area contributed by atoms with E-state index >= 15 is 0 Å². The molecule has 0 spiro atoms. The Balaban J connectivity index is 3.21. The van der Waals surface area contributed by atoms with Crippen LogP contribution in [0.25, 0.3) is 0 Å². The van der Waals surface area contributed by atoms with Gasteiger partial charge in [-0.05, 0) is 22.8 Å². The van der Waals surface area contributed by atoms with Gasteiger partial charge in [-0.25, -0.2) is 0 Å². The molecule has 1 N–H and O–H groups in total. The van der Waals surface area contributed by atoms with E-state index in [1.165, 1.54) is 0 Å². The highest BCUT2D eigenvalue weighted by molar-refractivity contribution is 6.91. The fraction of sp³-hybridized carbons (Fsp3) is 0.571. The largest absolute Gasteiger partial charge is 0.334 e. The van der Waals surface area contributed by atoms with Crippen LogP contribution in [-0.4, -0.2) is 14.8 Å². The van der Waals surface area contributed by atoms with Gasteiger partial charge in [-0.2, -0.15) is 0 Å². The van der Waals surface area contributed by atoms with Crippen molar-refractivity contribution in [3.63, 3.8) is 0 Å². The molecule has 2 heteroatoms. The first-order chi connectivity index (χ1) is 7.55. The van der Waals surface area contributed by atoms with Gasteiger partial charge in [0.2, 0.25) is 0 Å². The fourth-order valence-electron chi connectivity index (χ4n) is 2.85. The van der Waals surface area contributed by atoms with Gasteiger partial charge in [0.15, 0.2) is 8.24 Å². The Kier molecular flexibility index (Phi) is 4.75. The number of benzene rings is 1. The highest BCUT2D eigenvalue weighted by Gasteiger charge is 2.40. The minimum Gasteiger partial charge on any atom is -0.334 e. The summed E-state index contributed by atoms with van der Waals surface area (Å²) in [5, 5.41) is 1.54. The molecule has 1 rings (SSSR count). The summed E-state index contributed by atoms with van der Waals surface area (Å²) in [7, 11) is -1.58. The molecule has 0 heterocycles. The van der Waals surface area contributed by atoms with Crippen molar-refractivity contribution in [3.8, 4) is 0 Å². The average Bonchev–Trinajstić information content (AvgIpc) is 2.26. The molecule has 0 saturated heterocycles. The lowest BCUT2D eigenvalue weighted by atomic mass is 10.4. The maximum atomic E-state index is 3.85. The van der Waals surface area contributed by atoms with Crippen LogP contribution in [0.1, 0.15) is 34.6 Å². The van der Waals surface area contributed by atoms with Crippen LogP contribution in [0.3, 0.4) is 0 Å². The van der Waals surface area contributed by atoms with Crippen LogP contribution in [-0.2, 0) is 0 Å². The molecule has 1 aromatic carbocycles. The van der Waals surface area contributed by atoms with Gasteiger partial charge in [0.25, 0.3) is 0 Å². The summed E-state index contributed by atoms with van der Waals surface area (Å²) in [5.41, 5.74) is 1.43. The van der Waals surface area contributed by atoms with Crippen molar-refractivity contribution in [2.45, 2.75) is 45.7 Å². The second-order valence-corrected chi connectivity index (χ2v) is 10.1. The van der Waals surface area contributed by atoms with Crippen LogP contribution < -0.4 is 10.2 Å². The standard InChI is InChI=1S/C14H25NSi/c1-6-15-16(12(2)3,13(4)5)14-10-8-7-9-11-14/h7-13,15H,6H2,1-5H3. The van der Waals surface area contributed by atoms with E-state index in [0.717, 1.165) is 17.6 Å². The first-order valence-corrected chi connectivity index (χ1v) is 8.51. The lowest BCUT2D eigenvalue weighted by Gasteiger charge is -2.40. The van der Waals surface area contributed by atoms with Gasteiger partial charge in [-0.3, -0.25) is 0 Å². The van der Waals surface area contributed by atoms with Crippen LogP contribution in [0, 0.1) is 0 Å². The topological polar surface area (TPSA) is 12.0 Å². The summed E-state index contributed by atoms with van der Waals surface area (Å²) in [6, 6.07) is 11.0. The Morgan fingerprint density at radius 1 is 1.00 bits per heavy atom. The van der Waals surface area contributed by atoms with Crippen molar-refractivity contribution < 1.29 is 0 Å². The Labute approximate surface area is 101 Å². The van der Waals surface area contributed by atoms with E-state index in [9.17, 15) is 0 Å². The Hall–Kier alpha value is -0.603. The third-order valence-corrected chi connectivity index (χ3v) is 9.41. The van der Waals surface area contributed by atoms with E-state index in [4.69, 9.17) is 0 Å². The highest BCUT2D eigenvalue weighted by Crippen LogP contribution is 2.29. The Morgan fingerprint density at radius 3 is 1.88 bits per heavy atom. The van der Waals surface area contributed by atoms with Gasteiger partial charge in [-0.1, -0.05) is 65.0 Å². The van der Waals surface area contributed by atoms with Crippen molar-refractivity contribution >= 4 is 13.4 Å². The summed E-state index contributed by atoms with van der Waals surface area (Å²) in [4.78, 5) is 3.85. The van der Waals surface area contributed by atoms with Crippen molar-refractivity contribution in [1.82, 2.24) is 4.98 Å². The lowest BCUT2D eigenvalue weighted by molar-refractivity contribution is 0.819. The number of hydrogen-bond acceptors (Lipinski definition) is 1. The molecule has 0 aliphatic heterocycles. The maximum absolute atomic E-state index is 3.85. The quantitative estimate of drug-likeness (QED) is 0.772. The molecule has 0 aliphatic carbocycles. The van der Waals surface area contributed by atoms with E-state index < -0.39 is 8.24 Å². The molecule has 0 atom stereocenters. The van der Waals surface area contributed by atoms with E-state index in [2.05, 4.69) is 69.9 Å². The van der Waals surface area contributed by atoms with Gasteiger partial charge >= 0.3 is 0 Å². The van der Waals surface area contributed by atoms with Crippen LogP contribution in [0.5, 0.6) is 0 Å². The predicted octanol–water partition coefficient (Wildman–Crippen LogP) is 3.27. The van der Waals surface area contributed by atoms with Gasteiger partial charge in [-0.15, -0.1) is 0 Å². The molecule has 0 bridgehead atoms. The van der Waals surface area contributed by atoms with Crippen LogP contribution in [0.2, 0.25) is 11.1 Å². The summed E-state index contributed by atoms with van der Waals surface area (Å²) >= 11 is 0. The summed E-state index contributed by atoms with van der Waals surface area (Å²) in [5.74, 6) is 0. The number of hydrogen-bond donors (Lipinski definition) is 1. The fourth-order valence-corrected chi connectivity index (χ4v) is 7.87. The Morgan fingerprint density at radius 2 is 1.50 bits per heavy atom. The van der Waals surface area contributed by atoms with Crippen molar-refractivity contribution in [3.05, 3.63) is 30.3 Å². The number of rotatable bonds is 5. The molecule has 1 nitrogen and oxygen atoms in total. The summed E-state index contributed by atoms with van der Waals surface area (Å²) < 4.78 is 0. The summed E-state index contributed by atoms with van der Waals surface area (Å²) in [6.45, 7) is 12.7. The number of nitrogens with one attached hydrogen (secondary N) is 1. The van der Waals surface area contributed by atoms with Gasteiger partial charge in [0.1, 0.15) is 0 Å². The highest BCUT2D eigenvalue weighted by atomic mass is 28.3. The smallest absolute Gasteiger partial charge is 0.162 e. The molecule has 0 fully saturated rings. The monoisotopic (exact) mass is 235 g/mol. The summed E-state index contributed by atoms with van der Waals surface area (Å²) in [6.07, 6.45) is 0. The molecular weight excluding hydrogens is 210 g/mol. The van der Waals surface area contributed by atoms with Gasteiger partial charge < -0.3 is 4.98 Å². The zero-order valence-corrected chi connectivity index (χ0v) is 12.2. The van der Waals surface area contributed by atoms with Crippen molar-refractivity contribution in [2.24, 2.45) is 0 Å². The zero-order chi connectivity index (χ0) is 12.2. The normalized spacial score (nSPS) is 12.4. The first kappa shape index (κ1) is 13.5. The van der Waals surface area contributed by atoms with Crippen LogP contribution in [0.4, 0.5) is 0 Å². The van der Waals surface area contributed by atoms with Gasteiger partial charge in [0.05, 0.1) is 0 Å². The van der Waals surface area contributed by atoms with E-state index in [-0.39, 0.29) is 0 Å². The average molecular weight is 235 g/mol. The van der Waals surface area contributed by atoms with Gasteiger partial charge in [0, 0.05) is 0 Å². The third kappa shape index (κ3) is 2.38. The van der Waals surface area contributed by atoms with Crippen molar-refractivity contribution in [1.29, 1.82) is 0 Å². The van der Waals surface area contributed by atoms with E-state index in [1.807, 2.05) is 0 Å². The molecule has 0 radical (unpaired) electrons. The minimum absolute atomic E-state index is 0.717. The molecule has 1 aromatic rings. The molecule has 0 saturated carbocycles. The molecule has 90 valence electrons. The minimum atomic E-state index is -1.58. The van der Waals surface area contributed by atoms with Crippen molar-refractivity contribution in [2.75, 3.05) is 6.54 Å². The first-order valence-electron chi connectivity index (χ1n) is 6.36. The zero-order valence-electron chi connectivity index (χ0n) is 11.2. The molecule has 0 aromatic heterocycles. The Bertz CT molecular complexity index is 298. The second-order valence-electron chi connectivity index (χ2n) is 5.07. The van der Waals surface area contributed by atoms with E-state index in [1.54, 1.807) is 5.19 Å². The maximum Gasteiger partial charge on any atom is 0.162 e. The van der Waals surface area contributed by atoms with Crippen LogP contribution in [0.15, 0.2) is 30.3 Å². The molecular formula is C14H25NSi. The molecule has 0 aliphatic rings. The molecule has 16 heavy (non-hydrogen) atoms. The van der Waals surface area contributed by atoms with E-state index in [0.29, 0.717) is 0 Å². The molecule has 0 amide bonds. The SMILES string of the molecule is CCN[Si](c1ccccc1)(C(C)C)C(C)C.